The lowest BCUT2D eigenvalue weighted by atomic mass is 9.71. The summed E-state index contributed by atoms with van der Waals surface area (Å²) in [4.78, 5) is 77.0. The van der Waals surface area contributed by atoms with Crippen LogP contribution in [-0.4, -0.2) is 105 Å². The zero-order chi connectivity index (χ0) is 41.7. The first-order chi connectivity index (χ1) is 29.0. The number of nitrogens with one attached hydrogen (secondary N) is 2. The van der Waals surface area contributed by atoms with E-state index in [1.54, 1.807) is 18.2 Å². The van der Waals surface area contributed by atoms with Gasteiger partial charge in [0.1, 0.15) is 23.9 Å². The highest BCUT2D eigenvalue weighted by molar-refractivity contribution is 6.33. The van der Waals surface area contributed by atoms with E-state index in [1.165, 1.54) is 12.4 Å². The molecule has 2 aliphatic carbocycles. The molecule has 1 unspecified atom stereocenters. The highest BCUT2D eigenvalue weighted by Gasteiger charge is 2.48. The van der Waals surface area contributed by atoms with Gasteiger partial charge in [0.05, 0.1) is 40.6 Å². The molecule has 0 radical (unpaired) electrons. The highest BCUT2D eigenvalue weighted by atomic mass is 35.5. The number of carbonyl (C=O) groups excluding carboxylic acids is 5. The predicted molar refractivity (Wildman–Crippen MR) is 216 cm³/mol. The zero-order valence-corrected chi connectivity index (χ0v) is 34.0. The second-order valence-corrected chi connectivity index (χ2v) is 17.9. The Hall–Kier alpha value is -5.40. The Labute approximate surface area is 351 Å². The van der Waals surface area contributed by atoms with Crippen molar-refractivity contribution in [1.29, 1.82) is 0 Å². The number of carbonyl (C=O) groups is 5. The number of ether oxygens (including phenoxy) is 1. The largest absolute Gasteiger partial charge is 0.490 e. The van der Waals surface area contributed by atoms with E-state index >= 15 is 4.39 Å². The highest BCUT2D eigenvalue weighted by Crippen LogP contribution is 2.45. The van der Waals surface area contributed by atoms with Crippen molar-refractivity contribution in [3.8, 4) is 5.75 Å². The number of rotatable bonds is 9. The molecular weight excluding hydrogens is 793 g/mol. The number of nitrogens with zero attached hydrogens (tertiary/aromatic N) is 7. The summed E-state index contributed by atoms with van der Waals surface area (Å²) in [6, 6.07) is 6.72. The van der Waals surface area contributed by atoms with Crippen LogP contribution in [0, 0.1) is 23.7 Å². The molecule has 1 atom stereocenters. The fourth-order valence-corrected chi connectivity index (χ4v) is 10.4. The van der Waals surface area contributed by atoms with Gasteiger partial charge in [0.2, 0.25) is 23.3 Å². The molecule has 5 fully saturated rings. The summed E-state index contributed by atoms with van der Waals surface area (Å²) in [5, 5.41) is 10.2. The van der Waals surface area contributed by atoms with Crippen LogP contribution in [0.5, 0.6) is 5.75 Å². The lowest BCUT2D eigenvalue weighted by Crippen LogP contribution is -2.61. The number of hydrogen-bond donors (Lipinski definition) is 2. The lowest BCUT2D eigenvalue weighted by molar-refractivity contribution is -0.136. The first-order valence-corrected chi connectivity index (χ1v) is 21.4. The van der Waals surface area contributed by atoms with Crippen LogP contribution >= 0.6 is 11.6 Å². The Morgan fingerprint density at radius 3 is 2.37 bits per heavy atom. The van der Waals surface area contributed by atoms with Gasteiger partial charge in [0, 0.05) is 37.5 Å². The summed E-state index contributed by atoms with van der Waals surface area (Å²) < 4.78 is 23.4. The summed E-state index contributed by atoms with van der Waals surface area (Å²) >= 11 is 6.18. The molecule has 4 aliphatic heterocycles. The van der Waals surface area contributed by atoms with Crippen molar-refractivity contribution in [3.63, 3.8) is 0 Å². The van der Waals surface area contributed by atoms with Gasteiger partial charge in [0.25, 0.3) is 17.7 Å². The van der Waals surface area contributed by atoms with Gasteiger partial charge < -0.3 is 19.9 Å². The van der Waals surface area contributed by atoms with Crippen molar-refractivity contribution < 1.29 is 33.1 Å². The molecule has 3 saturated heterocycles. The van der Waals surface area contributed by atoms with E-state index in [0.717, 1.165) is 94.8 Å². The van der Waals surface area contributed by atoms with Crippen LogP contribution in [0.3, 0.4) is 0 Å². The Morgan fingerprint density at radius 2 is 1.68 bits per heavy atom. The van der Waals surface area contributed by atoms with E-state index in [4.69, 9.17) is 22.9 Å². The van der Waals surface area contributed by atoms with Gasteiger partial charge in [-0.3, -0.25) is 34.2 Å². The Balaban J connectivity index is 0.712. The van der Waals surface area contributed by atoms with Crippen molar-refractivity contribution >= 4 is 52.5 Å². The summed E-state index contributed by atoms with van der Waals surface area (Å²) in [5.74, 6) is -1.71. The van der Waals surface area contributed by atoms with E-state index < -0.39 is 35.5 Å². The van der Waals surface area contributed by atoms with Crippen LogP contribution in [0.15, 0.2) is 36.7 Å². The van der Waals surface area contributed by atoms with Gasteiger partial charge in [-0.05, 0) is 114 Å². The molecule has 2 N–H and O–H groups in total. The number of halogens is 2. The Bertz CT molecular complexity index is 2260. The van der Waals surface area contributed by atoms with E-state index in [2.05, 4.69) is 30.5 Å². The normalized spacial score (nSPS) is 26.6. The third kappa shape index (κ3) is 7.73. The van der Waals surface area contributed by atoms with Crippen LogP contribution < -0.4 is 20.3 Å². The molecule has 1 aromatic heterocycles. The number of anilines is 1. The Kier molecular flexibility index (Phi) is 10.8. The number of amides is 5. The molecule has 15 nitrogen and oxygen atoms in total. The summed E-state index contributed by atoms with van der Waals surface area (Å²) in [7, 11) is 0. The van der Waals surface area contributed by atoms with Crippen molar-refractivity contribution in [1.82, 2.24) is 35.2 Å². The maximum absolute atomic E-state index is 15.5. The second-order valence-electron chi connectivity index (χ2n) is 17.4. The van der Waals surface area contributed by atoms with Gasteiger partial charge in [-0.1, -0.05) is 17.7 Å². The van der Waals surface area contributed by atoms with E-state index in [1.807, 2.05) is 9.58 Å². The smallest absolute Gasteiger partial charge is 0.289 e. The number of benzene rings is 2. The SMILES string of the molecule is [C-]#[N+]c1ccc(OC2CCC(NC(=O)c3ncnn3C3CCC(CN4CCC5(CC4)CN(c4cc6c(cc4F)C(=O)N(C4CCC(=O)NC4=O)C6=O)C5)CC3)CC2)cc1Cl. The van der Waals surface area contributed by atoms with Crippen molar-refractivity contribution in [3.05, 3.63) is 75.9 Å². The van der Waals surface area contributed by atoms with Gasteiger partial charge in [-0.25, -0.2) is 18.9 Å². The molecule has 5 amide bonds. The van der Waals surface area contributed by atoms with Crippen LogP contribution in [-0.2, 0) is 9.59 Å². The minimum absolute atomic E-state index is 0.0154. The number of hydrogen-bond acceptors (Lipinski definition) is 10. The number of aromatic nitrogens is 3. The zero-order valence-electron chi connectivity index (χ0n) is 33.2. The number of piperidine rings is 2. The molecular formula is C43H47ClFN9O6. The standard InChI is InChI=1S/C43H47ClFN9O6/c1-46-34-11-10-29(18-32(34)44)60-28-8-4-26(5-9-28)49-40(57)38-47-24-48-54(38)27-6-2-25(3-7-27)21-51-16-14-43(15-17-51)22-52(23-43)36-20-31-30(19-33(36)45)41(58)53(42(31)59)35-12-13-37(55)50-39(35)56/h10-11,18-20,24-28,35H,2-9,12-17,21-23H2,(H,49,57)(H,50,55,56). The fraction of sp³-hybridized carbons (Fsp3) is 0.535. The quantitative estimate of drug-likeness (QED) is 0.209. The van der Waals surface area contributed by atoms with Crippen LogP contribution in [0.25, 0.3) is 4.85 Å². The first-order valence-electron chi connectivity index (χ1n) is 21.0. The summed E-state index contributed by atoms with van der Waals surface area (Å²) in [6.07, 6.45) is 10.6. The topological polar surface area (TPSA) is 163 Å². The van der Waals surface area contributed by atoms with Crippen molar-refractivity contribution in [2.75, 3.05) is 37.6 Å². The number of fused-ring (bicyclic) bond motifs is 1. The maximum atomic E-state index is 15.5. The lowest BCUT2D eigenvalue weighted by Gasteiger charge is -2.55. The average molecular weight is 840 g/mol. The van der Waals surface area contributed by atoms with E-state index in [9.17, 15) is 24.0 Å². The van der Waals surface area contributed by atoms with E-state index in [0.29, 0.717) is 47.0 Å². The second kappa shape index (κ2) is 16.2. The molecule has 1 spiro atoms. The van der Waals surface area contributed by atoms with Crippen LogP contribution in [0.1, 0.15) is 114 Å². The van der Waals surface area contributed by atoms with Crippen molar-refractivity contribution in [2.24, 2.45) is 11.3 Å². The molecule has 17 heteroatoms. The molecule has 5 heterocycles. The monoisotopic (exact) mass is 839 g/mol. The molecule has 3 aromatic rings. The predicted octanol–water partition coefficient (Wildman–Crippen LogP) is 5.48. The van der Waals surface area contributed by atoms with E-state index in [-0.39, 0.29) is 53.5 Å². The summed E-state index contributed by atoms with van der Waals surface area (Å²) in [6.45, 7) is 11.4. The van der Waals surface area contributed by atoms with Crippen LogP contribution in [0.4, 0.5) is 15.8 Å². The number of imide groups is 2. The molecule has 2 saturated carbocycles. The summed E-state index contributed by atoms with van der Waals surface area (Å²) in [5.41, 5.74) is 0.789. The van der Waals surface area contributed by atoms with Gasteiger partial charge in [-0.15, -0.1) is 0 Å². The van der Waals surface area contributed by atoms with Gasteiger partial charge in [-0.2, -0.15) is 5.10 Å². The third-order valence-corrected chi connectivity index (χ3v) is 13.9. The minimum Gasteiger partial charge on any atom is -0.490 e. The Morgan fingerprint density at radius 1 is 0.967 bits per heavy atom. The molecule has 0 bridgehead atoms. The first kappa shape index (κ1) is 40.0. The van der Waals surface area contributed by atoms with Crippen molar-refractivity contribution in [2.45, 2.75) is 101 Å². The number of likely N-dealkylation sites (tertiary alicyclic amines) is 1. The third-order valence-electron chi connectivity index (χ3n) is 13.6. The molecule has 9 rings (SSSR count). The average Bonchev–Trinajstić information content (AvgIpc) is 3.81. The fourth-order valence-electron chi connectivity index (χ4n) is 10.2. The molecule has 60 heavy (non-hydrogen) atoms. The molecule has 314 valence electrons. The molecule has 6 aliphatic rings. The minimum atomic E-state index is -1.09. The van der Waals surface area contributed by atoms with Gasteiger partial charge >= 0.3 is 0 Å². The molecule has 2 aromatic carbocycles. The maximum Gasteiger partial charge on any atom is 0.289 e. The van der Waals surface area contributed by atoms with Crippen LogP contribution in [0.2, 0.25) is 5.02 Å². The van der Waals surface area contributed by atoms with Gasteiger partial charge in [0.15, 0.2) is 0 Å².